The minimum atomic E-state index is -0.401. The van der Waals surface area contributed by atoms with Gasteiger partial charge in [-0.25, -0.2) is 14.1 Å². The van der Waals surface area contributed by atoms with Crippen molar-refractivity contribution in [3.63, 3.8) is 0 Å². The van der Waals surface area contributed by atoms with Gasteiger partial charge < -0.3 is 11.1 Å². The molecular formula is C19H26FN5O. The van der Waals surface area contributed by atoms with E-state index in [4.69, 9.17) is 5.73 Å². The Morgan fingerprint density at radius 1 is 1.35 bits per heavy atom. The molecular weight excluding hydrogens is 333 g/mol. The van der Waals surface area contributed by atoms with Crippen LogP contribution in [0.15, 0.2) is 24.3 Å². The van der Waals surface area contributed by atoms with Crippen LogP contribution in [0.25, 0.3) is 5.69 Å². The van der Waals surface area contributed by atoms with Gasteiger partial charge in [0.2, 0.25) is 5.82 Å². The molecule has 1 aliphatic rings. The number of nitrogens with two attached hydrogens (primary N) is 1. The van der Waals surface area contributed by atoms with Gasteiger partial charge in [0, 0.05) is 12.0 Å². The highest BCUT2D eigenvalue weighted by atomic mass is 19.1. The molecule has 3 rings (SSSR count). The lowest BCUT2D eigenvalue weighted by molar-refractivity contribution is 0.0897. The molecule has 2 atom stereocenters. The summed E-state index contributed by atoms with van der Waals surface area (Å²) in [6, 6.07) is 6.40. The van der Waals surface area contributed by atoms with Crippen LogP contribution < -0.4 is 11.1 Å². The molecule has 0 bridgehead atoms. The molecule has 0 aliphatic heterocycles. The normalized spacial score (nSPS) is 20.3. The van der Waals surface area contributed by atoms with Crippen molar-refractivity contribution in [2.24, 2.45) is 11.7 Å². The fourth-order valence-electron chi connectivity index (χ4n) is 3.51. The SMILES string of the molecule is CC(C)c1nc(C(=O)NC2CCCCC2CN)nn1-c1ccccc1F. The zero-order valence-corrected chi connectivity index (χ0v) is 15.3. The molecule has 1 aromatic heterocycles. The molecule has 0 saturated heterocycles. The molecule has 6 nitrogen and oxygen atoms in total. The van der Waals surface area contributed by atoms with Gasteiger partial charge in [-0.3, -0.25) is 4.79 Å². The molecule has 2 unspecified atom stereocenters. The predicted molar refractivity (Wildman–Crippen MR) is 97.7 cm³/mol. The molecule has 0 spiro atoms. The third-order valence-corrected chi connectivity index (χ3v) is 4.96. The molecule has 3 N–H and O–H groups in total. The van der Waals surface area contributed by atoms with Crippen molar-refractivity contribution >= 4 is 5.91 Å². The maximum absolute atomic E-state index is 14.2. The van der Waals surface area contributed by atoms with Crippen molar-refractivity contribution in [3.8, 4) is 5.69 Å². The summed E-state index contributed by atoms with van der Waals surface area (Å²) in [6.45, 7) is 4.43. The molecule has 1 amide bonds. The Bertz CT molecular complexity index is 773. The van der Waals surface area contributed by atoms with Gasteiger partial charge in [0.15, 0.2) is 0 Å². The Balaban J connectivity index is 1.87. The molecule has 0 radical (unpaired) electrons. The van der Waals surface area contributed by atoms with Gasteiger partial charge in [0.05, 0.1) is 0 Å². The second kappa shape index (κ2) is 7.95. The highest BCUT2D eigenvalue weighted by Crippen LogP contribution is 2.24. The largest absolute Gasteiger partial charge is 0.346 e. The predicted octanol–water partition coefficient (Wildman–Crippen LogP) is 2.78. The van der Waals surface area contributed by atoms with Gasteiger partial charge in [-0.15, -0.1) is 5.10 Å². The number of hydrogen-bond donors (Lipinski definition) is 2. The van der Waals surface area contributed by atoms with Gasteiger partial charge in [-0.05, 0) is 37.4 Å². The van der Waals surface area contributed by atoms with Gasteiger partial charge in [0.25, 0.3) is 5.91 Å². The van der Waals surface area contributed by atoms with E-state index in [1.54, 1.807) is 18.2 Å². The maximum atomic E-state index is 14.2. The number of amides is 1. The number of aromatic nitrogens is 3. The minimum Gasteiger partial charge on any atom is -0.346 e. The van der Waals surface area contributed by atoms with E-state index in [-0.39, 0.29) is 29.6 Å². The van der Waals surface area contributed by atoms with E-state index in [2.05, 4.69) is 15.4 Å². The zero-order valence-electron chi connectivity index (χ0n) is 15.3. The lowest BCUT2D eigenvalue weighted by atomic mass is 9.84. The van der Waals surface area contributed by atoms with Crippen LogP contribution in [-0.2, 0) is 0 Å². The highest BCUT2D eigenvalue weighted by molar-refractivity contribution is 5.90. The van der Waals surface area contributed by atoms with E-state index in [9.17, 15) is 9.18 Å². The molecule has 1 fully saturated rings. The van der Waals surface area contributed by atoms with Gasteiger partial charge in [0.1, 0.15) is 17.3 Å². The van der Waals surface area contributed by atoms with E-state index in [1.165, 1.54) is 10.7 Å². The quantitative estimate of drug-likeness (QED) is 0.859. The van der Waals surface area contributed by atoms with Crippen molar-refractivity contribution in [1.29, 1.82) is 0 Å². The minimum absolute atomic E-state index is 0.00451. The summed E-state index contributed by atoms with van der Waals surface area (Å²) in [7, 11) is 0. The number of hydrogen-bond acceptors (Lipinski definition) is 4. The van der Waals surface area contributed by atoms with Crippen molar-refractivity contribution < 1.29 is 9.18 Å². The highest BCUT2D eigenvalue weighted by Gasteiger charge is 2.28. The molecule has 26 heavy (non-hydrogen) atoms. The smallest absolute Gasteiger partial charge is 0.291 e. The van der Waals surface area contributed by atoms with Crippen LogP contribution in [0.4, 0.5) is 4.39 Å². The standard InChI is InChI=1S/C19H26FN5O/c1-12(2)18-23-17(24-25(18)16-10-6-4-8-14(16)20)19(26)22-15-9-5-3-7-13(15)11-21/h4,6,8,10,12-13,15H,3,5,7,9,11,21H2,1-2H3,(H,22,26). The van der Waals surface area contributed by atoms with E-state index in [0.717, 1.165) is 25.7 Å². The lowest BCUT2D eigenvalue weighted by Crippen LogP contribution is -2.45. The summed E-state index contributed by atoms with van der Waals surface area (Å²) >= 11 is 0. The van der Waals surface area contributed by atoms with Crippen molar-refractivity contribution in [3.05, 3.63) is 41.7 Å². The second-order valence-electron chi connectivity index (χ2n) is 7.17. The monoisotopic (exact) mass is 359 g/mol. The Kier molecular flexibility index (Phi) is 5.66. The van der Waals surface area contributed by atoms with E-state index in [1.807, 2.05) is 13.8 Å². The third-order valence-electron chi connectivity index (χ3n) is 4.96. The first-order chi connectivity index (χ1) is 12.5. The summed E-state index contributed by atoms with van der Waals surface area (Å²) in [5.41, 5.74) is 6.13. The average molecular weight is 359 g/mol. The Labute approximate surface area is 153 Å². The molecule has 140 valence electrons. The fraction of sp³-hybridized carbons (Fsp3) is 0.526. The number of carbonyl (C=O) groups excluding carboxylic acids is 1. The maximum Gasteiger partial charge on any atom is 0.291 e. The molecule has 1 saturated carbocycles. The summed E-state index contributed by atoms with van der Waals surface area (Å²) in [5, 5.41) is 7.33. The number of para-hydroxylation sites is 1. The molecule has 1 aromatic carbocycles. The number of benzene rings is 1. The number of carbonyl (C=O) groups is 1. The van der Waals surface area contributed by atoms with Gasteiger partial charge in [-0.1, -0.05) is 38.8 Å². The van der Waals surface area contributed by atoms with E-state index >= 15 is 0 Å². The number of nitrogens with zero attached hydrogens (tertiary/aromatic N) is 3. The summed E-state index contributed by atoms with van der Waals surface area (Å²) < 4.78 is 15.6. The lowest BCUT2D eigenvalue weighted by Gasteiger charge is -2.30. The number of rotatable bonds is 5. The molecule has 1 heterocycles. The second-order valence-corrected chi connectivity index (χ2v) is 7.17. The first-order valence-electron chi connectivity index (χ1n) is 9.24. The number of halogens is 1. The third kappa shape index (κ3) is 3.77. The van der Waals surface area contributed by atoms with Crippen LogP contribution in [-0.4, -0.2) is 33.3 Å². The summed E-state index contributed by atoms with van der Waals surface area (Å²) in [5.74, 6) is 0.174. The van der Waals surface area contributed by atoms with Crippen LogP contribution in [0, 0.1) is 11.7 Å². The van der Waals surface area contributed by atoms with E-state index in [0.29, 0.717) is 18.1 Å². The van der Waals surface area contributed by atoms with Crippen LogP contribution in [0.1, 0.15) is 61.9 Å². The Morgan fingerprint density at radius 2 is 2.08 bits per heavy atom. The van der Waals surface area contributed by atoms with Crippen LogP contribution >= 0.6 is 0 Å². The van der Waals surface area contributed by atoms with E-state index < -0.39 is 5.82 Å². The van der Waals surface area contributed by atoms with Crippen molar-refractivity contribution in [1.82, 2.24) is 20.1 Å². The first kappa shape index (κ1) is 18.5. The summed E-state index contributed by atoms with van der Waals surface area (Å²) in [4.78, 5) is 17.1. The van der Waals surface area contributed by atoms with Crippen LogP contribution in [0.2, 0.25) is 0 Å². The Hall–Kier alpha value is -2.28. The number of nitrogens with one attached hydrogen (secondary N) is 1. The Morgan fingerprint density at radius 3 is 2.77 bits per heavy atom. The van der Waals surface area contributed by atoms with Crippen LogP contribution in [0.5, 0.6) is 0 Å². The summed E-state index contributed by atoms with van der Waals surface area (Å²) in [6.07, 6.45) is 4.16. The molecule has 1 aliphatic carbocycles. The topological polar surface area (TPSA) is 85.8 Å². The van der Waals surface area contributed by atoms with Gasteiger partial charge in [-0.2, -0.15) is 0 Å². The average Bonchev–Trinajstić information content (AvgIpc) is 3.08. The zero-order chi connectivity index (χ0) is 18.7. The van der Waals surface area contributed by atoms with Gasteiger partial charge >= 0.3 is 0 Å². The molecule has 2 aromatic rings. The fourth-order valence-corrected chi connectivity index (χ4v) is 3.51. The first-order valence-corrected chi connectivity index (χ1v) is 9.24. The van der Waals surface area contributed by atoms with Crippen molar-refractivity contribution in [2.45, 2.75) is 51.5 Å². The van der Waals surface area contributed by atoms with Crippen LogP contribution in [0.3, 0.4) is 0 Å². The molecule has 7 heteroatoms. The van der Waals surface area contributed by atoms with Crippen molar-refractivity contribution in [2.75, 3.05) is 6.54 Å².